The molecule has 2 N–H and O–H groups in total. The number of carbonyl (C=O) groups excluding carboxylic acids is 2. The van der Waals surface area contributed by atoms with E-state index in [-0.39, 0.29) is 19.2 Å². The van der Waals surface area contributed by atoms with Crippen molar-refractivity contribution in [3.63, 3.8) is 0 Å². The van der Waals surface area contributed by atoms with E-state index in [1.807, 2.05) is 0 Å². The van der Waals surface area contributed by atoms with Crippen LogP contribution in [0.15, 0.2) is 24.3 Å². The fourth-order valence-electron chi connectivity index (χ4n) is 1.90. The van der Waals surface area contributed by atoms with Crippen LogP contribution in [0.4, 0.5) is 10.5 Å². The Balaban J connectivity index is 2.43. The average molecular weight is 250 g/mol. The monoisotopic (exact) mass is 250 g/mol. The highest BCUT2D eigenvalue weighted by Gasteiger charge is 2.35. The van der Waals surface area contributed by atoms with Gasteiger partial charge >= 0.3 is 12.1 Å². The third-order valence-corrected chi connectivity index (χ3v) is 2.80. The van der Waals surface area contributed by atoms with Crippen molar-refractivity contribution >= 4 is 17.7 Å². The molecular formula is C12H14N2O4. The summed E-state index contributed by atoms with van der Waals surface area (Å²) in [4.78, 5) is 24.8. The molecule has 1 amide bonds. The van der Waals surface area contributed by atoms with Gasteiger partial charge in [-0.25, -0.2) is 9.59 Å². The first-order valence-electron chi connectivity index (χ1n) is 5.52. The summed E-state index contributed by atoms with van der Waals surface area (Å²) in [7, 11) is 1.29. The first-order valence-corrected chi connectivity index (χ1v) is 5.52. The van der Waals surface area contributed by atoms with Crippen LogP contribution in [-0.2, 0) is 9.47 Å². The van der Waals surface area contributed by atoms with Gasteiger partial charge in [-0.2, -0.15) is 0 Å². The number of cyclic esters (lactones) is 1. The molecule has 18 heavy (non-hydrogen) atoms. The van der Waals surface area contributed by atoms with Gasteiger partial charge in [0.05, 0.1) is 24.4 Å². The van der Waals surface area contributed by atoms with Crippen LogP contribution < -0.4 is 10.6 Å². The van der Waals surface area contributed by atoms with Crippen LogP contribution in [0.3, 0.4) is 0 Å². The molecule has 1 aromatic carbocycles. The van der Waals surface area contributed by atoms with Gasteiger partial charge in [-0.1, -0.05) is 12.1 Å². The van der Waals surface area contributed by atoms with Crippen LogP contribution in [0.2, 0.25) is 0 Å². The van der Waals surface area contributed by atoms with E-state index < -0.39 is 12.1 Å². The van der Waals surface area contributed by atoms with Crippen LogP contribution in [-0.4, -0.2) is 38.4 Å². The number of rotatable bonds is 3. The second kappa shape index (κ2) is 5.05. The molecule has 1 fully saturated rings. The summed E-state index contributed by atoms with van der Waals surface area (Å²) in [5, 5.41) is 0. The highest BCUT2D eigenvalue weighted by atomic mass is 16.6. The number of ether oxygens (including phenoxy) is 2. The number of amides is 1. The van der Waals surface area contributed by atoms with Gasteiger partial charge in [0.15, 0.2) is 0 Å². The molecule has 96 valence electrons. The molecule has 2 rings (SSSR count). The fraction of sp³-hybridized carbons (Fsp3) is 0.333. The summed E-state index contributed by atoms with van der Waals surface area (Å²) in [5.74, 6) is -0.499. The van der Waals surface area contributed by atoms with Crippen molar-refractivity contribution in [3.05, 3.63) is 29.8 Å². The molecule has 0 aliphatic carbocycles. The number of esters is 1. The van der Waals surface area contributed by atoms with E-state index >= 15 is 0 Å². The second-order valence-corrected chi connectivity index (χ2v) is 3.85. The minimum atomic E-state index is -0.499. The van der Waals surface area contributed by atoms with Crippen molar-refractivity contribution in [3.8, 4) is 0 Å². The van der Waals surface area contributed by atoms with Crippen molar-refractivity contribution in [2.75, 3.05) is 25.2 Å². The van der Waals surface area contributed by atoms with E-state index in [0.29, 0.717) is 11.3 Å². The predicted octanol–water partition coefficient (Wildman–Crippen LogP) is 0.757. The lowest BCUT2D eigenvalue weighted by Crippen LogP contribution is -2.39. The van der Waals surface area contributed by atoms with E-state index in [1.165, 1.54) is 12.0 Å². The number of hydrogen-bond acceptors (Lipinski definition) is 5. The van der Waals surface area contributed by atoms with Gasteiger partial charge in [-0.3, -0.25) is 4.90 Å². The molecule has 1 aliphatic heterocycles. The molecule has 0 spiro atoms. The highest BCUT2D eigenvalue weighted by molar-refractivity contribution is 6.01. The fourth-order valence-corrected chi connectivity index (χ4v) is 1.90. The first kappa shape index (κ1) is 12.4. The molecule has 1 saturated heterocycles. The van der Waals surface area contributed by atoms with Gasteiger partial charge < -0.3 is 15.2 Å². The predicted molar refractivity (Wildman–Crippen MR) is 64.5 cm³/mol. The van der Waals surface area contributed by atoms with Crippen LogP contribution in [0.25, 0.3) is 0 Å². The van der Waals surface area contributed by atoms with Gasteiger partial charge in [0.1, 0.15) is 6.61 Å². The molecule has 0 bridgehead atoms. The number of nitrogens with two attached hydrogens (primary N) is 1. The lowest BCUT2D eigenvalue weighted by Gasteiger charge is -2.21. The van der Waals surface area contributed by atoms with Gasteiger partial charge in [0.25, 0.3) is 0 Å². The Labute approximate surface area is 104 Å². The number of methoxy groups -OCH3 is 1. The number of anilines is 1. The third-order valence-electron chi connectivity index (χ3n) is 2.80. The summed E-state index contributed by atoms with van der Waals surface area (Å²) in [6.45, 7) is 0.492. The number of hydrogen-bond donors (Lipinski definition) is 1. The Bertz CT molecular complexity index is 475. The standard InChI is InChI=1S/C12H14N2O4/c1-17-11(15)9-4-2-3-5-10(9)14-8(6-13)7-18-12(14)16/h2-5,8H,6-7,13H2,1H3. The Hall–Kier alpha value is -2.08. The molecule has 0 saturated carbocycles. The number of benzene rings is 1. The van der Waals surface area contributed by atoms with E-state index in [1.54, 1.807) is 24.3 Å². The molecule has 1 atom stereocenters. The average Bonchev–Trinajstić information content (AvgIpc) is 2.78. The normalized spacial score (nSPS) is 18.7. The van der Waals surface area contributed by atoms with Crippen LogP contribution in [0.5, 0.6) is 0 Å². The molecule has 1 aromatic rings. The van der Waals surface area contributed by atoms with Crippen molar-refractivity contribution in [1.29, 1.82) is 0 Å². The summed E-state index contributed by atoms with van der Waals surface area (Å²) in [6, 6.07) is 6.44. The maximum absolute atomic E-state index is 11.7. The Kier molecular flexibility index (Phi) is 3.47. The minimum absolute atomic E-state index is 0.227. The van der Waals surface area contributed by atoms with Crippen LogP contribution in [0.1, 0.15) is 10.4 Å². The molecule has 6 nitrogen and oxygen atoms in total. The van der Waals surface area contributed by atoms with E-state index in [0.717, 1.165) is 0 Å². The van der Waals surface area contributed by atoms with E-state index in [2.05, 4.69) is 0 Å². The van der Waals surface area contributed by atoms with Crippen LogP contribution in [0, 0.1) is 0 Å². The largest absolute Gasteiger partial charge is 0.465 e. The summed E-state index contributed by atoms with van der Waals surface area (Å²) < 4.78 is 9.64. The molecule has 1 heterocycles. The van der Waals surface area contributed by atoms with Crippen molar-refractivity contribution in [2.45, 2.75) is 6.04 Å². The number of nitrogens with zero attached hydrogens (tertiary/aromatic N) is 1. The van der Waals surface area contributed by atoms with Crippen LogP contribution >= 0.6 is 0 Å². The number of carbonyl (C=O) groups is 2. The smallest absolute Gasteiger partial charge is 0.414 e. The summed E-state index contributed by atoms with van der Waals surface area (Å²) in [6.07, 6.45) is -0.498. The van der Waals surface area contributed by atoms with Crippen molar-refractivity contribution in [2.24, 2.45) is 5.73 Å². The SMILES string of the molecule is COC(=O)c1ccccc1N1C(=O)OCC1CN. The van der Waals surface area contributed by atoms with Gasteiger partial charge in [0, 0.05) is 6.54 Å². The van der Waals surface area contributed by atoms with Crippen molar-refractivity contribution in [1.82, 2.24) is 0 Å². The van der Waals surface area contributed by atoms with E-state index in [9.17, 15) is 9.59 Å². The lowest BCUT2D eigenvalue weighted by molar-refractivity contribution is 0.0601. The third kappa shape index (κ3) is 2.02. The molecule has 1 aliphatic rings. The molecule has 0 radical (unpaired) electrons. The van der Waals surface area contributed by atoms with Gasteiger partial charge in [-0.15, -0.1) is 0 Å². The summed E-state index contributed by atoms with van der Waals surface area (Å²) in [5.41, 5.74) is 6.37. The minimum Gasteiger partial charge on any atom is -0.465 e. The molecular weight excluding hydrogens is 236 g/mol. The zero-order valence-corrected chi connectivity index (χ0v) is 9.96. The molecule has 1 unspecified atom stereocenters. The van der Waals surface area contributed by atoms with Gasteiger partial charge in [0.2, 0.25) is 0 Å². The first-order chi connectivity index (χ1) is 8.69. The maximum atomic E-state index is 11.7. The Morgan fingerprint density at radius 3 is 2.94 bits per heavy atom. The molecule has 6 heteroatoms. The molecule has 0 aromatic heterocycles. The zero-order valence-electron chi connectivity index (χ0n) is 9.96. The summed E-state index contributed by atoms with van der Waals surface area (Å²) >= 11 is 0. The number of para-hydroxylation sites is 1. The topological polar surface area (TPSA) is 81.9 Å². The highest BCUT2D eigenvalue weighted by Crippen LogP contribution is 2.27. The Morgan fingerprint density at radius 2 is 2.28 bits per heavy atom. The van der Waals surface area contributed by atoms with E-state index in [4.69, 9.17) is 15.2 Å². The van der Waals surface area contributed by atoms with Gasteiger partial charge in [-0.05, 0) is 12.1 Å². The Morgan fingerprint density at radius 1 is 1.56 bits per heavy atom. The quantitative estimate of drug-likeness (QED) is 0.801. The van der Waals surface area contributed by atoms with Crippen molar-refractivity contribution < 1.29 is 19.1 Å². The lowest BCUT2D eigenvalue weighted by atomic mass is 10.1. The second-order valence-electron chi connectivity index (χ2n) is 3.85. The maximum Gasteiger partial charge on any atom is 0.414 e. The zero-order chi connectivity index (χ0) is 13.1.